The highest BCUT2D eigenvalue weighted by Crippen LogP contribution is 2.27. The Kier molecular flexibility index (Phi) is 6.38. The van der Waals surface area contributed by atoms with Crippen molar-refractivity contribution in [2.45, 2.75) is 58.8 Å². The molecule has 0 spiro atoms. The summed E-state index contributed by atoms with van der Waals surface area (Å²) in [5.74, 6) is 0.341. The summed E-state index contributed by atoms with van der Waals surface area (Å²) >= 11 is 5.89. The topological polar surface area (TPSA) is 100 Å². The van der Waals surface area contributed by atoms with Gasteiger partial charge in [0.05, 0.1) is 11.6 Å². The maximum atomic E-state index is 12.6. The first-order valence-electron chi connectivity index (χ1n) is 10.1. The number of aromatic nitrogens is 2. The largest absolute Gasteiger partial charge is 0.324 e. The lowest BCUT2D eigenvalue weighted by Gasteiger charge is -2.35. The molecule has 1 fully saturated rings. The molecular formula is C21H29ClN6O2. The normalized spacial score (nSPS) is 21.8. The molecule has 3 amide bonds. The Morgan fingerprint density at radius 1 is 1.23 bits per heavy atom. The zero-order valence-electron chi connectivity index (χ0n) is 17.9. The molecule has 0 saturated carbocycles. The van der Waals surface area contributed by atoms with E-state index in [4.69, 9.17) is 11.6 Å². The molecule has 1 saturated heterocycles. The number of rotatable bonds is 4. The Labute approximate surface area is 181 Å². The van der Waals surface area contributed by atoms with Crippen molar-refractivity contribution >= 4 is 35.0 Å². The first-order chi connectivity index (χ1) is 14.1. The quantitative estimate of drug-likeness (QED) is 0.585. The molecule has 0 aliphatic carbocycles. The fourth-order valence-corrected chi connectivity index (χ4v) is 3.54. The second-order valence-electron chi connectivity index (χ2n) is 8.58. The monoisotopic (exact) mass is 432 g/mol. The molecule has 2 heterocycles. The van der Waals surface area contributed by atoms with Gasteiger partial charge in [0.1, 0.15) is 5.82 Å². The van der Waals surface area contributed by atoms with E-state index in [-0.39, 0.29) is 23.3 Å². The molecule has 30 heavy (non-hydrogen) atoms. The molecule has 2 aromatic rings. The number of nitrogens with zero attached hydrogens (tertiary/aromatic N) is 2. The summed E-state index contributed by atoms with van der Waals surface area (Å²) in [6.07, 6.45) is 0.186. The van der Waals surface area contributed by atoms with Crippen molar-refractivity contribution < 1.29 is 9.59 Å². The highest BCUT2D eigenvalue weighted by atomic mass is 35.5. The van der Waals surface area contributed by atoms with Gasteiger partial charge in [0.15, 0.2) is 6.29 Å². The van der Waals surface area contributed by atoms with E-state index in [1.807, 2.05) is 40.7 Å². The average Bonchev–Trinajstić information content (AvgIpc) is 3.07. The lowest BCUT2D eigenvalue weighted by Crippen LogP contribution is -2.57. The van der Waals surface area contributed by atoms with Crippen molar-refractivity contribution in [1.82, 2.24) is 20.4 Å². The Hall–Kier alpha value is -2.58. The summed E-state index contributed by atoms with van der Waals surface area (Å²) in [6.45, 7) is 10.1. The molecular weight excluding hydrogens is 404 g/mol. The maximum Gasteiger partial charge on any atom is 0.324 e. The van der Waals surface area contributed by atoms with Crippen LogP contribution in [-0.2, 0) is 10.2 Å². The predicted molar refractivity (Wildman–Crippen MR) is 119 cm³/mol. The molecule has 3 rings (SSSR count). The van der Waals surface area contributed by atoms with E-state index < -0.39 is 12.3 Å². The summed E-state index contributed by atoms with van der Waals surface area (Å²) < 4.78 is 1.61. The minimum Gasteiger partial charge on any atom is -0.322 e. The van der Waals surface area contributed by atoms with Crippen LogP contribution in [0.5, 0.6) is 0 Å². The zero-order valence-corrected chi connectivity index (χ0v) is 18.7. The van der Waals surface area contributed by atoms with Crippen LogP contribution in [0.2, 0.25) is 5.02 Å². The molecule has 162 valence electrons. The van der Waals surface area contributed by atoms with Crippen LogP contribution in [0.25, 0.3) is 0 Å². The molecule has 0 radical (unpaired) electrons. The van der Waals surface area contributed by atoms with E-state index in [1.54, 1.807) is 28.9 Å². The van der Waals surface area contributed by atoms with Gasteiger partial charge >= 0.3 is 6.03 Å². The van der Waals surface area contributed by atoms with Gasteiger partial charge in [-0.25, -0.2) is 9.48 Å². The van der Waals surface area contributed by atoms with Crippen molar-refractivity contribution in [1.29, 1.82) is 0 Å². The number of amides is 3. The average molecular weight is 433 g/mol. The summed E-state index contributed by atoms with van der Waals surface area (Å²) in [6, 6.07) is 8.22. The van der Waals surface area contributed by atoms with Crippen molar-refractivity contribution in [2.75, 3.05) is 10.6 Å². The van der Waals surface area contributed by atoms with Gasteiger partial charge in [0.25, 0.3) is 0 Å². The van der Waals surface area contributed by atoms with Crippen LogP contribution < -0.4 is 21.3 Å². The van der Waals surface area contributed by atoms with Gasteiger partial charge in [-0.1, -0.05) is 39.3 Å². The van der Waals surface area contributed by atoms with Crippen LogP contribution in [0.4, 0.5) is 16.3 Å². The van der Waals surface area contributed by atoms with Gasteiger partial charge < -0.3 is 10.6 Å². The van der Waals surface area contributed by atoms with Crippen LogP contribution in [0.1, 0.15) is 53.0 Å². The van der Waals surface area contributed by atoms with E-state index >= 15 is 0 Å². The van der Waals surface area contributed by atoms with Crippen LogP contribution in [-0.4, -0.2) is 27.8 Å². The van der Waals surface area contributed by atoms with Crippen molar-refractivity contribution in [3.8, 4) is 0 Å². The van der Waals surface area contributed by atoms with Gasteiger partial charge in [0, 0.05) is 28.2 Å². The van der Waals surface area contributed by atoms with Crippen LogP contribution >= 0.6 is 11.6 Å². The van der Waals surface area contributed by atoms with Gasteiger partial charge in [-0.2, -0.15) is 5.10 Å². The van der Waals surface area contributed by atoms with E-state index in [0.29, 0.717) is 16.5 Å². The minimum atomic E-state index is -0.558. The number of nitrogens with one attached hydrogen (secondary N) is 4. The Morgan fingerprint density at radius 3 is 2.47 bits per heavy atom. The molecule has 3 atom stereocenters. The number of benzene rings is 1. The molecule has 1 aliphatic rings. The minimum absolute atomic E-state index is 0.0215. The lowest BCUT2D eigenvalue weighted by molar-refractivity contribution is -0.130. The predicted octanol–water partition coefficient (Wildman–Crippen LogP) is 4.07. The molecule has 1 aromatic heterocycles. The smallest absolute Gasteiger partial charge is 0.322 e. The SMILES string of the molecule is CCC1C(=O)NC(n2nc(C(C)(C)C)cc2NC(=O)Nc2ccc(Cl)cc2)NC1C. The second-order valence-corrected chi connectivity index (χ2v) is 9.01. The van der Waals surface area contributed by atoms with Gasteiger partial charge in [-0.05, 0) is 37.6 Å². The molecule has 4 N–H and O–H groups in total. The summed E-state index contributed by atoms with van der Waals surface area (Å²) in [4.78, 5) is 25.1. The molecule has 8 nitrogen and oxygen atoms in total. The third-order valence-corrected chi connectivity index (χ3v) is 5.42. The van der Waals surface area contributed by atoms with E-state index in [1.165, 1.54) is 0 Å². The fraction of sp³-hybridized carbons (Fsp3) is 0.476. The van der Waals surface area contributed by atoms with Crippen LogP contribution in [0.3, 0.4) is 0 Å². The molecule has 3 unspecified atom stereocenters. The van der Waals surface area contributed by atoms with Gasteiger partial charge in [0.2, 0.25) is 5.91 Å². The second kappa shape index (κ2) is 8.65. The van der Waals surface area contributed by atoms with Crippen molar-refractivity contribution in [2.24, 2.45) is 5.92 Å². The maximum absolute atomic E-state index is 12.6. The summed E-state index contributed by atoms with van der Waals surface area (Å²) in [5, 5.41) is 17.2. The van der Waals surface area contributed by atoms with Crippen LogP contribution in [0, 0.1) is 5.92 Å². The molecule has 1 aliphatic heterocycles. The first-order valence-corrected chi connectivity index (χ1v) is 10.5. The van der Waals surface area contributed by atoms with Crippen LogP contribution in [0.15, 0.2) is 30.3 Å². The number of hydrogen-bond acceptors (Lipinski definition) is 4. The van der Waals surface area contributed by atoms with Gasteiger partial charge in [-0.15, -0.1) is 0 Å². The first kappa shape index (κ1) is 22.1. The van der Waals surface area contributed by atoms with Crippen molar-refractivity contribution in [3.05, 3.63) is 41.0 Å². The van der Waals surface area contributed by atoms with E-state index in [2.05, 4.69) is 26.4 Å². The van der Waals surface area contributed by atoms with E-state index in [0.717, 1.165) is 12.1 Å². The van der Waals surface area contributed by atoms with Crippen molar-refractivity contribution in [3.63, 3.8) is 0 Å². The number of halogens is 1. The number of anilines is 2. The Morgan fingerprint density at radius 2 is 1.90 bits per heavy atom. The zero-order chi connectivity index (χ0) is 22.1. The fourth-order valence-electron chi connectivity index (χ4n) is 3.41. The highest BCUT2D eigenvalue weighted by molar-refractivity contribution is 6.30. The molecule has 0 bridgehead atoms. The number of carbonyl (C=O) groups excluding carboxylic acids is 2. The summed E-state index contributed by atoms with van der Waals surface area (Å²) in [7, 11) is 0. The summed E-state index contributed by atoms with van der Waals surface area (Å²) in [5.41, 5.74) is 1.18. The van der Waals surface area contributed by atoms with E-state index in [9.17, 15) is 9.59 Å². The highest BCUT2D eigenvalue weighted by Gasteiger charge is 2.35. The standard InChI is InChI=1S/C21H29ClN6O2/c1-6-15-12(2)23-19(26-18(15)29)28-17(11-16(27-28)21(3,4)5)25-20(30)24-14-9-7-13(22)8-10-14/h7-12,15,19,23H,6H2,1-5H3,(H,26,29)(H2,24,25,30). The number of urea groups is 1. The number of hydrogen-bond donors (Lipinski definition) is 4. The molecule has 1 aromatic carbocycles. The molecule has 9 heteroatoms. The van der Waals surface area contributed by atoms with Gasteiger partial charge in [-0.3, -0.25) is 15.4 Å². The third kappa shape index (κ3) is 4.94. The number of carbonyl (C=O) groups is 2. The Bertz CT molecular complexity index is 919. The third-order valence-electron chi connectivity index (χ3n) is 5.17. The Balaban J connectivity index is 1.84. The lowest BCUT2D eigenvalue weighted by atomic mass is 9.92.